The van der Waals surface area contributed by atoms with Crippen LogP contribution in [0.2, 0.25) is 5.02 Å². The first-order chi connectivity index (χ1) is 8.58. The fourth-order valence-corrected chi connectivity index (χ4v) is 2.80. The minimum atomic E-state index is -0.0927. The highest BCUT2D eigenvalue weighted by Gasteiger charge is 2.24. The Morgan fingerprint density at radius 2 is 2.39 bits per heavy atom. The second-order valence-corrected chi connectivity index (χ2v) is 6.04. The molecule has 3 nitrogen and oxygen atoms in total. The van der Waals surface area contributed by atoms with E-state index in [-0.39, 0.29) is 18.1 Å². The van der Waals surface area contributed by atoms with Gasteiger partial charge in [0.1, 0.15) is 0 Å². The summed E-state index contributed by atoms with van der Waals surface area (Å²) in [6.07, 6.45) is 2.21. The van der Waals surface area contributed by atoms with E-state index >= 15 is 0 Å². The summed E-state index contributed by atoms with van der Waals surface area (Å²) in [5.74, 6) is -0.0927. The molecule has 2 atom stereocenters. The summed E-state index contributed by atoms with van der Waals surface area (Å²) in [6.45, 7) is 2.77. The van der Waals surface area contributed by atoms with Crippen LogP contribution in [0.5, 0.6) is 0 Å². The molecule has 0 aromatic heterocycles. The van der Waals surface area contributed by atoms with Crippen LogP contribution >= 0.6 is 34.2 Å². The molecule has 1 heterocycles. The first-order valence-electron chi connectivity index (χ1n) is 5.95. The molecule has 0 aliphatic carbocycles. The van der Waals surface area contributed by atoms with Crippen LogP contribution in [0.1, 0.15) is 30.1 Å². The fourth-order valence-electron chi connectivity index (χ4n) is 2.05. The molecular weight excluding hydrogens is 365 g/mol. The normalized spacial score (nSPS) is 20.7. The van der Waals surface area contributed by atoms with Gasteiger partial charge < -0.3 is 10.1 Å². The van der Waals surface area contributed by atoms with Crippen molar-refractivity contribution in [1.29, 1.82) is 0 Å². The first kappa shape index (κ1) is 14.1. The molecule has 0 bridgehead atoms. The van der Waals surface area contributed by atoms with E-state index in [0.717, 1.165) is 23.0 Å². The van der Waals surface area contributed by atoms with Crippen molar-refractivity contribution in [3.8, 4) is 0 Å². The summed E-state index contributed by atoms with van der Waals surface area (Å²) in [5.41, 5.74) is 0.618. The Hall–Kier alpha value is -0.330. The van der Waals surface area contributed by atoms with Crippen molar-refractivity contribution in [3.05, 3.63) is 32.4 Å². The number of ether oxygens (including phenoxy) is 1. The molecule has 5 heteroatoms. The Morgan fingerprint density at radius 1 is 1.61 bits per heavy atom. The number of hydrogen-bond acceptors (Lipinski definition) is 2. The molecule has 1 fully saturated rings. The van der Waals surface area contributed by atoms with Crippen LogP contribution in [-0.4, -0.2) is 24.7 Å². The van der Waals surface area contributed by atoms with Crippen LogP contribution in [0.3, 0.4) is 0 Å². The topological polar surface area (TPSA) is 38.3 Å². The number of rotatable bonds is 3. The minimum Gasteiger partial charge on any atom is -0.376 e. The van der Waals surface area contributed by atoms with E-state index in [0.29, 0.717) is 10.6 Å². The Kier molecular flexibility index (Phi) is 4.86. The van der Waals surface area contributed by atoms with Gasteiger partial charge in [0.2, 0.25) is 0 Å². The molecule has 1 N–H and O–H groups in total. The van der Waals surface area contributed by atoms with Crippen LogP contribution in [0.4, 0.5) is 0 Å². The highest BCUT2D eigenvalue weighted by Crippen LogP contribution is 2.19. The standard InChI is InChI=1S/C13H15ClINO2/c1-8(12-3-2-6-18-12)16-13(17)10-7-9(14)4-5-11(10)15/h4-5,7-8,12H,2-3,6H2,1H3,(H,16,17)/t8-,12+/m1/s1. The lowest BCUT2D eigenvalue weighted by molar-refractivity contribution is 0.0712. The van der Waals surface area contributed by atoms with Gasteiger partial charge in [0.25, 0.3) is 5.91 Å². The van der Waals surface area contributed by atoms with Gasteiger partial charge in [0.15, 0.2) is 0 Å². The summed E-state index contributed by atoms with van der Waals surface area (Å²) in [6, 6.07) is 5.34. The third-order valence-corrected chi connectivity index (χ3v) is 4.23. The van der Waals surface area contributed by atoms with Crippen LogP contribution in [0.25, 0.3) is 0 Å². The molecule has 0 unspecified atom stereocenters. The summed E-state index contributed by atoms with van der Waals surface area (Å²) < 4.78 is 6.46. The third-order valence-electron chi connectivity index (χ3n) is 3.05. The second-order valence-electron chi connectivity index (χ2n) is 4.44. The van der Waals surface area contributed by atoms with E-state index < -0.39 is 0 Å². The van der Waals surface area contributed by atoms with Crippen molar-refractivity contribution in [3.63, 3.8) is 0 Å². The quantitative estimate of drug-likeness (QED) is 0.819. The highest BCUT2D eigenvalue weighted by molar-refractivity contribution is 14.1. The van der Waals surface area contributed by atoms with Gasteiger partial charge >= 0.3 is 0 Å². The average molecular weight is 380 g/mol. The summed E-state index contributed by atoms with van der Waals surface area (Å²) in [4.78, 5) is 12.2. The number of amides is 1. The lowest BCUT2D eigenvalue weighted by Gasteiger charge is -2.20. The van der Waals surface area contributed by atoms with Crippen LogP contribution < -0.4 is 5.32 Å². The predicted octanol–water partition coefficient (Wildman–Crippen LogP) is 3.24. The fraction of sp³-hybridized carbons (Fsp3) is 0.462. The largest absolute Gasteiger partial charge is 0.376 e. The van der Waals surface area contributed by atoms with Gasteiger partial charge in [-0.2, -0.15) is 0 Å². The number of nitrogens with one attached hydrogen (secondary N) is 1. The SMILES string of the molecule is C[C@@H](NC(=O)c1cc(Cl)ccc1I)[C@@H]1CCCO1. The van der Waals surface area contributed by atoms with Gasteiger partial charge in [-0.1, -0.05) is 11.6 Å². The second kappa shape index (κ2) is 6.21. The number of carbonyl (C=O) groups excluding carboxylic acids is 1. The number of carbonyl (C=O) groups is 1. The zero-order chi connectivity index (χ0) is 13.1. The zero-order valence-electron chi connectivity index (χ0n) is 10.1. The first-order valence-corrected chi connectivity index (χ1v) is 7.41. The zero-order valence-corrected chi connectivity index (χ0v) is 13.0. The molecule has 0 saturated carbocycles. The molecule has 2 rings (SSSR count). The van der Waals surface area contributed by atoms with Gasteiger partial charge in [-0.25, -0.2) is 0 Å². The Bertz CT molecular complexity index is 447. The Balaban J connectivity index is 2.04. The molecule has 1 aliphatic heterocycles. The van der Waals surface area contributed by atoms with Crippen molar-refractivity contribution in [2.24, 2.45) is 0 Å². The molecule has 1 saturated heterocycles. The molecule has 1 aliphatic rings. The average Bonchev–Trinajstić information content (AvgIpc) is 2.85. The minimum absolute atomic E-state index is 0.0229. The third kappa shape index (κ3) is 3.36. The maximum absolute atomic E-state index is 12.2. The summed E-state index contributed by atoms with van der Waals surface area (Å²) in [5, 5.41) is 3.55. The van der Waals surface area contributed by atoms with Crippen molar-refractivity contribution in [2.45, 2.75) is 31.9 Å². The van der Waals surface area contributed by atoms with Crippen LogP contribution in [-0.2, 0) is 4.74 Å². The maximum Gasteiger partial charge on any atom is 0.252 e. The van der Waals surface area contributed by atoms with E-state index in [2.05, 4.69) is 27.9 Å². The van der Waals surface area contributed by atoms with Crippen molar-refractivity contribution < 1.29 is 9.53 Å². The van der Waals surface area contributed by atoms with E-state index in [1.165, 1.54) is 0 Å². The highest BCUT2D eigenvalue weighted by atomic mass is 127. The maximum atomic E-state index is 12.2. The van der Waals surface area contributed by atoms with Gasteiger partial charge in [-0.05, 0) is 60.6 Å². The van der Waals surface area contributed by atoms with Gasteiger partial charge in [-0.3, -0.25) is 4.79 Å². The Labute approximate surface area is 125 Å². The lowest BCUT2D eigenvalue weighted by atomic mass is 10.1. The molecule has 98 valence electrons. The molecule has 0 radical (unpaired) electrons. The number of hydrogen-bond donors (Lipinski definition) is 1. The molecule has 0 spiro atoms. The molecular formula is C13H15ClINO2. The van der Waals surface area contributed by atoms with E-state index in [4.69, 9.17) is 16.3 Å². The van der Waals surface area contributed by atoms with E-state index in [9.17, 15) is 4.79 Å². The predicted molar refractivity (Wildman–Crippen MR) is 80.1 cm³/mol. The summed E-state index contributed by atoms with van der Waals surface area (Å²) in [7, 11) is 0. The van der Waals surface area contributed by atoms with Gasteiger partial charge in [0.05, 0.1) is 17.7 Å². The van der Waals surface area contributed by atoms with Crippen molar-refractivity contribution in [2.75, 3.05) is 6.61 Å². The molecule has 1 amide bonds. The van der Waals surface area contributed by atoms with Crippen molar-refractivity contribution in [1.82, 2.24) is 5.32 Å². The van der Waals surface area contributed by atoms with Gasteiger partial charge in [0, 0.05) is 15.2 Å². The molecule has 18 heavy (non-hydrogen) atoms. The smallest absolute Gasteiger partial charge is 0.252 e. The monoisotopic (exact) mass is 379 g/mol. The number of benzene rings is 1. The van der Waals surface area contributed by atoms with Crippen LogP contribution in [0.15, 0.2) is 18.2 Å². The Morgan fingerprint density at radius 3 is 3.06 bits per heavy atom. The number of halogens is 2. The van der Waals surface area contributed by atoms with Gasteiger partial charge in [-0.15, -0.1) is 0 Å². The van der Waals surface area contributed by atoms with Crippen LogP contribution in [0, 0.1) is 3.57 Å². The molecule has 1 aromatic rings. The molecule has 1 aromatic carbocycles. The van der Waals surface area contributed by atoms with Crippen molar-refractivity contribution >= 4 is 40.1 Å². The van der Waals surface area contributed by atoms with E-state index in [1.807, 2.05) is 13.0 Å². The summed E-state index contributed by atoms with van der Waals surface area (Å²) >= 11 is 8.05. The van der Waals surface area contributed by atoms with E-state index in [1.54, 1.807) is 12.1 Å². The lowest BCUT2D eigenvalue weighted by Crippen LogP contribution is -2.41.